The molecule has 0 atom stereocenters. The van der Waals surface area contributed by atoms with Crippen LogP contribution in [-0.4, -0.2) is 34.8 Å². The van der Waals surface area contributed by atoms with Crippen LogP contribution in [0.25, 0.3) is 10.8 Å². The highest BCUT2D eigenvalue weighted by molar-refractivity contribution is 7.99. The molecule has 3 heterocycles. The molecular weight excluding hydrogens is 380 g/mol. The molecule has 0 aliphatic heterocycles. The Morgan fingerprint density at radius 2 is 2.19 bits per heavy atom. The van der Waals surface area contributed by atoms with E-state index in [0.29, 0.717) is 24.0 Å². The summed E-state index contributed by atoms with van der Waals surface area (Å²) >= 11 is 3.18. The van der Waals surface area contributed by atoms with Crippen molar-refractivity contribution in [2.45, 2.75) is 33.1 Å². The second-order valence-corrected chi connectivity index (χ2v) is 8.28. The van der Waals surface area contributed by atoms with Crippen LogP contribution in [-0.2, 0) is 17.0 Å². The molecule has 27 heavy (non-hydrogen) atoms. The fourth-order valence-corrected chi connectivity index (χ4v) is 4.55. The van der Waals surface area contributed by atoms with Crippen molar-refractivity contribution >= 4 is 28.9 Å². The normalized spacial score (nSPS) is 11.3. The molecular formula is C20H24N2O3S2. The molecule has 0 amide bonds. The number of aryl methyl sites for hydroxylation is 2. The van der Waals surface area contributed by atoms with Crippen molar-refractivity contribution < 1.29 is 13.9 Å². The average Bonchev–Trinajstić information content (AvgIpc) is 3.35. The molecule has 0 unspecified atom stereocenters. The Morgan fingerprint density at radius 1 is 1.37 bits per heavy atom. The molecule has 3 aromatic rings. The lowest BCUT2D eigenvalue weighted by Gasteiger charge is -2.08. The summed E-state index contributed by atoms with van der Waals surface area (Å²) in [4.78, 5) is 18.3. The van der Waals surface area contributed by atoms with Gasteiger partial charge >= 0.3 is 0 Å². The van der Waals surface area contributed by atoms with Crippen molar-refractivity contribution in [3.63, 3.8) is 0 Å². The molecule has 0 aromatic carbocycles. The largest absolute Gasteiger partial charge is 0.440 e. The van der Waals surface area contributed by atoms with Gasteiger partial charge in [0.1, 0.15) is 5.76 Å². The predicted octanol–water partition coefficient (Wildman–Crippen LogP) is 4.89. The molecule has 3 aromatic heterocycles. The highest BCUT2D eigenvalue weighted by Crippen LogP contribution is 2.28. The van der Waals surface area contributed by atoms with Gasteiger partial charge in [-0.2, -0.15) is 0 Å². The molecule has 0 spiro atoms. The van der Waals surface area contributed by atoms with Gasteiger partial charge in [-0.3, -0.25) is 4.79 Å². The van der Waals surface area contributed by atoms with Crippen molar-refractivity contribution in [2.24, 2.45) is 0 Å². The van der Waals surface area contributed by atoms with Gasteiger partial charge in [0.25, 0.3) is 0 Å². The zero-order chi connectivity index (χ0) is 19.4. The van der Waals surface area contributed by atoms with E-state index >= 15 is 0 Å². The summed E-state index contributed by atoms with van der Waals surface area (Å²) < 4.78 is 13.1. The molecule has 144 valence electrons. The zero-order valence-corrected chi connectivity index (χ0v) is 17.7. The lowest BCUT2D eigenvalue weighted by atomic mass is 10.2. The number of thiophene rings is 1. The number of rotatable bonds is 9. The van der Waals surface area contributed by atoms with Gasteiger partial charge in [0.15, 0.2) is 5.78 Å². The van der Waals surface area contributed by atoms with Crippen molar-refractivity contribution in [3.8, 4) is 10.8 Å². The minimum Gasteiger partial charge on any atom is -0.440 e. The van der Waals surface area contributed by atoms with E-state index in [1.165, 1.54) is 0 Å². The van der Waals surface area contributed by atoms with Crippen LogP contribution < -0.4 is 0 Å². The van der Waals surface area contributed by atoms with Gasteiger partial charge < -0.3 is 13.7 Å². The van der Waals surface area contributed by atoms with E-state index in [1.54, 1.807) is 30.2 Å². The molecule has 5 nitrogen and oxygen atoms in total. The van der Waals surface area contributed by atoms with Crippen molar-refractivity contribution in [3.05, 3.63) is 52.0 Å². The SMILES string of the molecule is COCCn1c(C)cc(C(=O)CSCc2nc(-c3cccs3)oc2C)c1C. The Balaban J connectivity index is 1.60. The van der Waals surface area contributed by atoms with E-state index in [2.05, 4.69) is 9.55 Å². The Hall–Kier alpha value is -1.83. The first-order chi connectivity index (χ1) is 13.0. The third kappa shape index (κ3) is 4.54. The van der Waals surface area contributed by atoms with Crippen LogP contribution in [0.5, 0.6) is 0 Å². The van der Waals surface area contributed by atoms with Crippen molar-refractivity contribution in [1.82, 2.24) is 9.55 Å². The fourth-order valence-electron chi connectivity index (χ4n) is 3.00. The van der Waals surface area contributed by atoms with Gasteiger partial charge in [0, 0.05) is 36.4 Å². The van der Waals surface area contributed by atoms with Gasteiger partial charge in [-0.05, 0) is 38.3 Å². The first-order valence-corrected chi connectivity index (χ1v) is 10.8. The average molecular weight is 405 g/mol. The third-order valence-corrected chi connectivity index (χ3v) is 6.29. The number of carbonyl (C=O) groups excluding carboxylic acids is 1. The number of ketones is 1. The lowest BCUT2D eigenvalue weighted by Crippen LogP contribution is -2.09. The first-order valence-electron chi connectivity index (χ1n) is 8.78. The van der Waals surface area contributed by atoms with E-state index in [1.807, 2.05) is 44.4 Å². The zero-order valence-electron chi connectivity index (χ0n) is 16.1. The molecule has 0 aliphatic rings. The Morgan fingerprint density at radius 3 is 2.89 bits per heavy atom. The number of oxazole rings is 1. The van der Waals surface area contributed by atoms with Crippen LogP contribution in [0.3, 0.4) is 0 Å². The number of thioether (sulfide) groups is 1. The summed E-state index contributed by atoms with van der Waals surface area (Å²) in [5.74, 6) is 2.71. The number of carbonyl (C=O) groups is 1. The topological polar surface area (TPSA) is 57.3 Å². The summed E-state index contributed by atoms with van der Waals surface area (Å²) in [5, 5.41) is 2.01. The van der Waals surface area contributed by atoms with E-state index in [0.717, 1.165) is 39.8 Å². The molecule has 0 bridgehead atoms. The summed E-state index contributed by atoms with van der Waals surface area (Å²) in [6.45, 7) is 7.34. The molecule has 7 heteroatoms. The Bertz CT molecular complexity index is 910. The molecule has 0 fully saturated rings. The molecule has 0 N–H and O–H groups in total. The van der Waals surface area contributed by atoms with Gasteiger partial charge in [-0.1, -0.05) is 6.07 Å². The molecule has 3 rings (SSSR count). The van der Waals surface area contributed by atoms with Crippen molar-refractivity contribution in [1.29, 1.82) is 0 Å². The molecule has 0 aliphatic carbocycles. The Labute approximate surface area is 167 Å². The van der Waals surface area contributed by atoms with Crippen LogP contribution in [0, 0.1) is 20.8 Å². The molecule has 0 saturated heterocycles. The summed E-state index contributed by atoms with van der Waals surface area (Å²) in [7, 11) is 1.69. The minimum atomic E-state index is 0.149. The fraction of sp³-hybridized carbons (Fsp3) is 0.400. The molecule has 0 radical (unpaired) electrons. The van der Waals surface area contributed by atoms with Gasteiger partial charge in [-0.15, -0.1) is 23.1 Å². The standard InChI is InChI=1S/C20H24N2O3S2/c1-13-10-16(14(2)22(13)7-8-24-4)18(23)12-26-11-17-15(3)25-20(21-17)19-6-5-9-27-19/h5-6,9-10H,7-8,11-12H2,1-4H3. The maximum absolute atomic E-state index is 12.7. The maximum atomic E-state index is 12.7. The van der Waals surface area contributed by atoms with Crippen LogP contribution in [0.15, 0.2) is 28.0 Å². The highest BCUT2D eigenvalue weighted by atomic mass is 32.2. The molecule has 0 saturated carbocycles. The number of Topliss-reactive ketones (excluding diaryl/α,β-unsaturated/α-hetero) is 1. The van der Waals surface area contributed by atoms with Gasteiger partial charge in [-0.25, -0.2) is 4.98 Å². The van der Waals surface area contributed by atoms with Crippen LogP contribution in [0.4, 0.5) is 0 Å². The smallest absolute Gasteiger partial charge is 0.236 e. The van der Waals surface area contributed by atoms with E-state index < -0.39 is 0 Å². The Kier molecular flexibility index (Phi) is 6.57. The quantitative estimate of drug-likeness (QED) is 0.475. The monoisotopic (exact) mass is 404 g/mol. The van der Waals surface area contributed by atoms with Crippen LogP contribution in [0.1, 0.15) is 33.2 Å². The minimum absolute atomic E-state index is 0.149. The second-order valence-electron chi connectivity index (χ2n) is 6.34. The number of methoxy groups -OCH3 is 1. The number of ether oxygens (including phenoxy) is 1. The maximum Gasteiger partial charge on any atom is 0.236 e. The van der Waals surface area contributed by atoms with E-state index in [4.69, 9.17) is 9.15 Å². The lowest BCUT2D eigenvalue weighted by molar-refractivity contribution is 0.102. The number of aromatic nitrogens is 2. The summed E-state index contributed by atoms with van der Waals surface area (Å²) in [6.07, 6.45) is 0. The summed E-state index contributed by atoms with van der Waals surface area (Å²) in [5.41, 5.74) is 3.80. The summed E-state index contributed by atoms with van der Waals surface area (Å²) in [6, 6.07) is 5.95. The predicted molar refractivity (Wildman–Crippen MR) is 111 cm³/mol. The highest BCUT2D eigenvalue weighted by Gasteiger charge is 2.17. The van der Waals surface area contributed by atoms with E-state index in [9.17, 15) is 4.79 Å². The first kappa shape index (κ1) is 19.9. The number of hydrogen-bond acceptors (Lipinski definition) is 6. The van der Waals surface area contributed by atoms with Gasteiger partial charge in [0.05, 0.1) is 22.9 Å². The van der Waals surface area contributed by atoms with Crippen molar-refractivity contribution in [2.75, 3.05) is 19.5 Å². The second kappa shape index (κ2) is 8.91. The number of nitrogens with zero attached hydrogens (tertiary/aromatic N) is 2. The van der Waals surface area contributed by atoms with E-state index in [-0.39, 0.29) is 5.78 Å². The third-order valence-electron chi connectivity index (χ3n) is 4.49. The van der Waals surface area contributed by atoms with Crippen LogP contribution in [0.2, 0.25) is 0 Å². The number of hydrogen-bond donors (Lipinski definition) is 0. The van der Waals surface area contributed by atoms with Crippen LogP contribution >= 0.6 is 23.1 Å². The van der Waals surface area contributed by atoms with Gasteiger partial charge in [0.2, 0.25) is 5.89 Å².